The molecule has 3 fully saturated rings. The lowest BCUT2D eigenvalue weighted by molar-refractivity contribution is -0.138. The van der Waals surface area contributed by atoms with Gasteiger partial charge < -0.3 is 10.2 Å². The Kier molecular flexibility index (Phi) is 5.86. The van der Waals surface area contributed by atoms with E-state index in [4.69, 9.17) is 0 Å². The van der Waals surface area contributed by atoms with Crippen LogP contribution in [0.25, 0.3) is 11.4 Å². The zero-order valence-electron chi connectivity index (χ0n) is 18.3. The zero-order chi connectivity index (χ0) is 24.7. The summed E-state index contributed by atoms with van der Waals surface area (Å²) in [6.45, 7) is 0.397. The minimum atomic E-state index is -4.71. The maximum atomic E-state index is 14.9. The molecule has 0 radical (unpaired) electrons. The molecule has 1 saturated carbocycles. The minimum Gasteiger partial charge on any atom is -0.363 e. The summed E-state index contributed by atoms with van der Waals surface area (Å²) in [6.07, 6.45) is 0.859. The van der Waals surface area contributed by atoms with Crippen molar-refractivity contribution in [1.29, 1.82) is 0 Å². The van der Waals surface area contributed by atoms with Crippen LogP contribution >= 0.6 is 0 Å². The molecular formula is C24H20F5N5O. The van der Waals surface area contributed by atoms with Gasteiger partial charge >= 0.3 is 6.18 Å². The highest BCUT2D eigenvalue weighted by Gasteiger charge is 2.44. The van der Waals surface area contributed by atoms with Crippen LogP contribution in [0.4, 0.5) is 27.8 Å². The summed E-state index contributed by atoms with van der Waals surface area (Å²) in [6, 6.07) is 5.38. The molecule has 1 N–H and O–H groups in total. The Balaban J connectivity index is 1.43. The molecule has 2 bridgehead atoms. The van der Waals surface area contributed by atoms with Gasteiger partial charge in [0, 0.05) is 36.7 Å². The van der Waals surface area contributed by atoms with E-state index in [9.17, 15) is 26.7 Å². The van der Waals surface area contributed by atoms with Gasteiger partial charge in [-0.3, -0.25) is 4.79 Å². The number of hydrogen-bond donors (Lipinski definition) is 1. The number of nitrogens with one attached hydrogen (secondary N) is 1. The highest BCUT2D eigenvalue weighted by atomic mass is 19.4. The van der Waals surface area contributed by atoms with Crippen molar-refractivity contribution in [2.24, 2.45) is 5.92 Å². The number of aromatic nitrogens is 3. The van der Waals surface area contributed by atoms with E-state index in [1.807, 2.05) is 0 Å². The highest BCUT2D eigenvalue weighted by Crippen LogP contribution is 2.39. The molecule has 3 atom stereocenters. The third kappa shape index (κ3) is 4.42. The van der Waals surface area contributed by atoms with Gasteiger partial charge in [0.15, 0.2) is 17.5 Å². The average Bonchev–Trinajstić information content (AvgIpc) is 2.85. The topological polar surface area (TPSA) is 71.0 Å². The van der Waals surface area contributed by atoms with E-state index in [-0.39, 0.29) is 28.7 Å². The smallest absolute Gasteiger partial charge is 0.363 e. The fourth-order valence-electron chi connectivity index (χ4n) is 4.97. The molecule has 182 valence electrons. The van der Waals surface area contributed by atoms with E-state index in [0.29, 0.717) is 31.6 Å². The lowest BCUT2D eigenvalue weighted by Crippen LogP contribution is -2.60. The first-order chi connectivity index (χ1) is 16.7. The van der Waals surface area contributed by atoms with Gasteiger partial charge in [-0.15, -0.1) is 0 Å². The molecule has 2 aliphatic heterocycles. The molecule has 4 heterocycles. The standard InChI is InChI=1S/C24H20F5N5O/c25-16-4-1-3-15(21-30-7-2-8-31-21)20(16)23(35)34-12-13-5-6-19(34)18(9-13)33-22-17(26)10-14(11-32-22)24(27,28)29/h1-4,7-8,10-11,13,18-19H,5-6,9,12H2,(H,32,33). The normalized spacial score (nSPS) is 21.7. The Morgan fingerprint density at radius 1 is 1.03 bits per heavy atom. The van der Waals surface area contributed by atoms with E-state index in [1.165, 1.54) is 24.5 Å². The summed E-state index contributed by atoms with van der Waals surface area (Å²) in [5, 5.41) is 2.89. The highest BCUT2D eigenvalue weighted by molar-refractivity contribution is 6.00. The van der Waals surface area contributed by atoms with Gasteiger partial charge in [-0.2, -0.15) is 13.2 Å². The van der Waals surface area contributed by atoms with Crippen molar-refractivity contribution in [3.8, 4) is 11.4 Å². The summed E-state index contributed by atoms with van der Waals surface area (Å²) in [4.78, 5) is 27.1. The summed E-state index contributed by atoms with van der Waals surface area (Å²) in [5.74, 6) is -2.40. The second-order valence-electron chi connectivity index (χ2n) is 8.74. The van der Waals surface area contributed by atoms with Gasteiger partial charge in [-0.25, -0.2) is 23.7 Å². The number of rotatable bonds is 4. The molecule has 35 heavy (non-hydrogen) atoms. The van der Waals surface area contributed by atoms with Crippen molar-refractivity contribution in [3.05, 3.63) is 71.7 Å². The van der Waals surface area contributed by atoms with E-state index in [2.05, 4.69) is 20.3 Å². The van der Waals surface area contributed by atoms with Gasteiger partial charge in [0.2, 0.25) is 0 Å². The monoisotopic (exact) mass is 489 g/mol. The number of anilines is 1. The fourth-order valence-corrected chi connectivity index (χ4v) is 4.97. The predicted molar refractivity (Wildman–Crippen MR) is 116 cm³/mol. The SMILES string of the molecule is O=C(c1c(F)cccc1-c1ncccn1)N1CC2CCC1C(Nc1ncc(C(F)(F)F)cc1F)C2. The van der Waals surface area contributed by atoms with Crippen molar-refractivity contribution in [3.63, 3.8) is 0 Å². The van der Waals surface area contributed by atoms with Gasteiger partial charge in [0.25, 0.3) is 5.91 Å². The molecular weight excluding hydrogens is 469 g/mol. The first kappa shape index (κ1) is 23.1. The van der Waals surface area contributed by atoms with Gasteiger partial charge in [-0.05, 0) is 43.4 Å². The number of halogens is 5. The van der Waals surface area contributed by atoms with Crippen molar-refractivity contribution in [2.45, 2.75) is 37.5 Å². The summed E-state index contributed by atoms with van der Waals surface area (Å²) >= 11 is 0. The van der Waals surface area contributed by atoms with Crippen molar-refractivity contribution < 1.29 is 26.7 Å². The maximum Gasteiger partial charge on any atom is 0.417 e. The second kappa shape index (κ2) is 8.86. The van der Waals surface area contributed by atoms with Crippen molar-refractivity contribution in [1.82, 2.24) is 19.9 Å². The number of benzene rings is 1. The predicted octanol–water partition coefficient (Wildman–Crippen LogP) is 4.94. The molecule has 3 aromatic rings. The van der Waals surface area contributed by atoms with E-state index in [0.717, 1.165) is 6.42 Å². The van der Waals surface area contributed by atoms with Crippen molar-refractivity contribution >= 4 is 11.7 Å². The summed E-state index contributed by atoms with van der Waals surface area (Å²) < 4.78 is 67.9. The van der Waals surface area contributed by atoms with Crippen LogP contribution < -0.4 is 5.32 Å². The minimum absolute atomic E-state index is 0.0714. The molecule has 6 rings (SSSR count). The number of carbonyl (C=O) groups is 1. The molecule has 2 aromatic heterocycles. The average molecular weight is 489 g/mol. The number of fused-ring (bicyclic) bond motifs is 3. The molecule has 1 aromatic carbocycles. The maximum absolute atomic E-state index is 14.9. The van der Waals surface area contributed by atoms with E-state index in [1.54, 1.807) is 17.0 Å². The fraction of sp³-hybridized carbons (Fsp3) is 0.333. The van der Waals surface area contributed by atoms with Gasteiger partial charge in [0.05, 0.1) is 17.2 Å². The zero-order valence-corrected chi connectivity index (χ0v) is 18.3. The van der Waals surface area contributed by atoms with Crippen LogP contribution in [0.15, 0.2) is 48.9 Å². The number of amides is 1. The first-order valence-electron chi connectivity index (χ1n) is 11.1. The third-order valence-electron chi connectivity index (χ3n) is 6.56. The molecule has 11 heteroatoms. The number of hydrogen-bond acceptors (Lipinski definition) is 5. The Bertz CT molecular complexity index is 1250. The van der Waals surface area contributed by atoms with Crippen LogP contribution in [0.3, 0.4) is 0 Å². The largest absolute Gasteiger partial charge is 0.417 e. The number of carbonyl (C=O) groups excluding carboxylic acids is 1. The molecule has 0 spiro atoms. The first-order valence-corrected chi connectivity index (χ1v) is 11.1. The van der Waals surface area contributed by atoms with Crippen LogP contribution in [0, 0.1) is 17.6 Å². The molecule has 3 aliphatic rings. The van der Waals surface area contributed by atoms with E-state index >= 15 is 0 Å². The third-order valence-corrected chi connectivity index (χ3v) is 6.56. The van der Waals surface area contributed by atoms with Gasteiger partial charge in [0.1, 0.15) is 5.82 Å². The summed E-state index contributed by atoms with van der Waals surface area (Å²) in [7, 11) is 0. The second-order valence-corrected chi connectivity index (χ2v) is 8.74. The number of pyridine rings is 1. The Labute approximate surface area is 197 Å². The lowest BCUT2D eigenvalue weighted by atomic mass is 9.76. The van der Waals surface area contributed by atoms with Gasteiger partial charge in [-0.1, -0.05) is 12.1 Å². The Hall–Kier alpha value is -3.63. The Morgan fingerprint density at radius 3 is 2.49 bits per heavy atom. The van der Waals surface area contributed by atoms with Crippen LogP contribution in [0.2, 0.25) is 0 Å². The molecule has 1 aliphatic carbocycles. The van der Waals surface area contributed by atoms with Crippen molar-refractivity contribution in [2.75, 3.05) is 11.9 Å². The van der Waals surface area contributed by atoms with Crippen LogP contribution in [-0.4, -0.2) is 44.4 Å². The van der Waals surface area contributed by atoms with Crippen LogP contribution in [0.1, 0.15) is 35.2 Å². The molecule has 3 unspecified atom stereocenters. The number of piperidine rings is 2. The van der Waals surface area contributed by atoms with Crippen LogP contribution in [0.5, 0.6) is 0 Å². The quantitative estimate of drug-likeness (QED) is 0.526. The molecule has 6 nitrogen and oxygen atoms in total. The summed E-state index contributed by atoms with van der Waals surface area (Å²) in [5.41, 5.74) is -1.07. The number of alkyl halides is 3. The molecule has 2 saturated heterocycles. The Morgan fingerprint density at radius 2 is 1.80 bits per heavy atom. The number of nitrogens with zero attached hydrogens (tertiary/aromatic N) is 4. The molecule has 1 amide bonds. The van der Waals surface area contributed by atoms with Crippen LogP contribution in [-0.2, 0) is 6.18 Å². The van der Waals surface area contributed by atoms with E-state index < -0.39 is 41.4 Å². The lowest BCUT2D eigenvalue weighted by Gasteiger charge is -2.50.